The van der Waals surface area contributed by atoms with Gasteiger partial charge in [-0.1, -0.05) is 37.1 Å². The lowest BCUT2D eigenvalue weighted by Gasteiger charge is -2.29. The Morgan fingerprint density at radius 2 is 1.85 bits per heavy atom. The lowest BCUT2D eigenvalue weighted by molar-refractivity contribution is -0.127. The second-order valence-corrected chi connectivity index (χ2v) is 7.13. The Hall–Kier alpha value is -2.69. The first kappa shape index (κ1) is 16.8. The van der Waals surface area contributed by atoms with Gasteiger partial charge < -0.3 is 10.3 Å². The highest BCUT2D eigenvalue weighted by molar-refractivity contribution is 5.89. The first-order valence-corrected chi connectivity index (χ1v) is 9.10. The van der Waals surface area contributed by atoms with E-state index in [0.29, 0.717) is 0 Å². The number of para-hydroxylation sites is 2. The molecule has 4 rings (SSSR count). The molecule has 0 radical (unpaired) electrons. The third-order valence-corrected chi connectivity index (χ3v) is 5.45. The van der Waals surface area contributed by atoms with Gasteiger partial charge in [0.25, 0.3) is 0 Å². The van der Waals surface area contributed by atoms with Crippen molar-refractivity contribution in [2.45, 2.75) is 44.1 Å². The monoisotopic (exact) mass is 351 g/mol. The number of carbonyl (C=O) groups is 1. The Kier molecular flexibility index (Phi) is 4.23. The van der Waals surface area contributed by atoms with Crippen LogP contribution in [0.1, 0.15) is 50.0 Å². The molecule has 1 aliphatic carbocycles. The van der Waals surface area contributed by atoms with Gasteiger partial charge in [-0.25, -0.2) is 9.37 Å². The molecule has 0 bridgehead atoms. The van der Waals surface area contributed by atoms with Crippen LogP contribution in [0.5, 0.6) is 0 Å². The summed E-state index contributed by atoms with van der Waals surface area (Å²) in [4.78, 5) is 21.1. The fraction of sp³-hybridized carbons (Fsp3) is 0.333. The van der Waals surface area contributed by atoms with E-state index < -0.39 is 5.41 Å². The molecule has 3 aromatic rings. The fourth-order valence-electron chi connectivity index (χ4n) is 3.98. The molecular formula is C21H22FN3O. The minimum absolute atomic E-state index is 0.00503. The number of H-pyrrole nitrogens is 1. The lowest BCUT2D eigenvalue weighted by atomic mass is 9.78. The summed E-state index contributed by atoms with van der Waals surface area (Å²) in [5.41, 5.74) is 2.16. The van der Waals surface area contributed by atoms with Crippen LogP contribution in [0.15, 0.2) is 48.5 Å². The Labute approximate surface area is 151 Å². The van der Waals surface area contributed by atoms with Crippen LogP contribution in [0, 0.1) is 5.82 Å². The van der Waals surface area contributed by atoms with E-state index in [2.05, 4.69) is 15.3 Å². The molecule has 1 saturated carbocycles. The van der Waals surface area contributed by atoms with Gasteiger partial charge in [0.2, 0.25) is 5.91 Å². The van der Waals surface area contributed by atoms with Crippen molar-refractivity contribution in [3.05, 3.63) is 65.7 Å². The zero-order valence-electron chi connectivity index (χ0n) is 14.8. The number of carbonyl (C=O) groups excluding carboxylic acids is 1. The van der Waals surface area contributed by atoms with E-state index in [1.807, 2.05) is 31.2 Å². The van der Waals surface area contributed by atoms with Crippen LogP contribution >= 0.6 is 0 Å². The summed E-state index contributed by atoms with van der Waals surface area (Å²) in [6.45, 7) is 1.93. The van der Waals surface area contributed by atoms with E-state index in [1.165, 1.54) is 12.1 Å². The number of amides is 1. The van der Waals surface area contributed by atoms with E-state index in [-0.39, 0.29) is 17.8 Å². The largest absolute Gasteiger partial charge is 0.346 e. The second-order valence-electron chi connectivity index (χ2n) is 7.13. The second kappa shape index (κ2) is 6.56. The van der Waals surface area contributed by atoms with Gasteiger partial charge in [0.05, 0.1) is 22.5 Å². The molecule has 26 heavy (non-hydrogen) atoms. The first-order valence-electron chi connectivity index (χ1n) is 9.10. The standard InChI is InChI=1S/C21H22FN3O/c1-14(19-24-17-6-2-3-7-18(17)25-19)23-20(26)21(12-4-5-13-21)15-8-10-16(22)11-9-15/h2-3,6-11,14H,4-5,12-13H2,1H3,(H,23,26)(H,24,25). The topological polar surface area (TPSA) is 57.8 Å². The van der Waals surface area contributed by atoms with Crippen molar-refractivity contribution in [2.75, 3.05) is 0 Å². The summed E-state index contributed by atoms with van der Waals surface area (Å²) in [5, 5.41) is 3.13. The predicted molar refractivity (Wildman–Crippen MR) is 99.2 cm³/mol. The highest BCUT2D eigenvalue weighted by Gasteiger charge is 2.43. The molecule has 0 spiro atoms. The highest BCUT2D eigenvalue weighted by atomic mass is 19.1. The maximum absolute atomic E-state index is 13.3. The van der Waals surface area contributed by atoms with Crippen LogP contribution in [-0.2, 0) is 10.2 Å². The van der Waals surface area contributed by atoms with Gasteiger partial charge in [0, 0.05) is 0 Å². The number of rotatable bonds is 4. The molecular weight excluding hydrogens is 329 g/mol. The molecule has 1 amide bonds. The molecule has 1 aliphatic rings. The van der Waals surface area contributed by atoms with Crippen molar-refractivity contribution in [3.8, 4) is 0 Å². The lowest BCUT2D eigenvalue weighted by Crippen LogP contribution is -2.43. The number of fused-ring (bicyclic) bond motifs is 1. The van der Waals surface area contributed by atoms with E-state index in [9.17, 15) is 9.18 Å². The predicted octanol–water partition coefficient (Wildman–Crippen LogP) is 4.39. The number of nitrogens with zero attached hydrogens (tertiary/aromatic N) is 1. The van der Waals surface area contributed by atoms with Crippen LogP contribution in [-0.4, -0.2) is 15.9 Å². The van der Waals surface area contributed by atoms with E-state index in [1.54, 1.807) is 12.1 Å². The molecule has 0 saturated heterocycles. The SMILES string of the molecule is CC(NC(=O)C1(c2ccc(F)cc2)CCCC1)c1nc2ccccc2[nH]1. The Bertz CT molecular complexity index is 893. The number of aromatic amines is 1. The molecule has 1 atom stereocenters. The van der Waals surface area contributed by atoms with E-state index >= 15 is 0 Å². The smallest absolute Gasteiger partial charge is 0.231 e. The zero-order chi connectivity index (χ0) is 18.1. The Balaban J connectivity index is 1.59. The molecule has 134 valence electrons. The molecule has 1 fully saturated rings. The van der Waals surface area contributed by atoms with Crippen molar-refractivity contribution in [3.63, 3.8) is 0 Å². The minimum atomic E-state index is -0.575. The average molecular weight is 351 g/mol. The molecule has 5 heteroatoms. The maximum atomic E-state index is 13.3. The van der Waals surface area contributed by atoms with E-state index in [0.717, 1.165) is 48.1 Å². The summed E-state index contributed by atoms with van der Waals surface area (Å²) in [6, 6.07) is 13.9. The summed E-state index contributed by atoms with van der Waals surface area (Å²) in [6.07, 6.45) is 3.59. The number of nitrogens with one attached hydrogen (secondary N) is 2. The molecule has 1 aromatic heterocycles. The summed E-state index contributed by atoms with van der Waals surface area (Å²) >= 11 is 0. The minimum Gasteiger partial charge on any atom is -0.346 e. The third kappa shape index (κ3) is 2.87. The van der Waals surface area contributed by atoms with Gasteiger partial charge in [0.1, 0.15) is 11.6 Å². The quantitative estimate of drug-likeness (QED) is 0.732. The number of aromatic nitrogens is 2. The number of hydrogen-bond donors (Lipinski definition) is 2. The average Bonchev–Trinajstić information content (AvgIpc) is 3.30. The normalized spacial score (nSPS) is 17.3. The number of imidazole rings is 1. The van der Waals surface area contributed by atoms with Crippen molar-refractivity contribution in [1.82, 2.24) is 15.3 Å². The molecule has 1 unspecified atom stereocenters. The zero-order valence-corrected chi connectivity index (χ0v) is 14.8. The van der Waals surface area contributed by atoms with Gasteiger partial charge in [0.15, 0.2) is 0 Å². The molecule has 1 heterocycles. The van der Waals surface area contributed by atoms with Crippen LogP contribution in [0.4, 0.5) is 4.39 Å². The Morgan fingerprint density at radius 1 is 1.15 bits per heavy atom. The van der Waals surface area contributed by atoms with Crippen molar-refractivity contribution in [2.24, 2.45) is 0 Å². The molecule has 4 nitrogen and oxygen atoms in total. The summed E-state index contributed by atoms with van der Waals surface area (Å²) < 4.78 is 13.3. The third-order valence-electron chi connectivity index (χ3n) is 5.45. The van der Waals surface area contributed by atoms with Gasteiger partial charge in [-0.05, 0) is 49.6 Å². The van der Waals surface area contributed by atoms with Gasteiger partial charge in [-0.2, -0.15) is 0 Å². The molecule has 2 aromatic carbocycles. The number of halogens is 1. The van der Waals surface area contributed by atoms with Crippen LogP contribution < -0.4 is 5.32 Å². The highest BCUT2D eigenvalue weighted by Crippen LogP contribution is 2.41. The summed E-state index contributed by atoms with van der Waals surface area (Å²) in [7, 11) is 0. The maximum Gasteiger partial charge on any atom is 0.231 e. The molecule has 0 aliphatic heterocycles. The van der Waals surface area contributed by atoms with Gasteiger partial charge in [-0.3, -0.25) is 4.79 Å². The molecule has 2 N–H and O–H groups in total. The van der Waals surface area contributed by atoms with Crippen LogP contribution in [0.3, 0.4) is 0 Å². The van der Waals surface area contributed by atoms with Crippen molar-refractivity contribution in [1.29, 1.82) is 0 Å². The first-order chi connectivity index (χ1) is 12.6. The van der Waals surface area contributed by atoms with Crippen molar-refractivity contribution < 1.29 is 9.18 Å². The Morgan fingerprint density at radius 3 is 2.54 bits per heavy atom. The fourth-order valence-corrected chi connectivity index (χ4v) is 3.98. The van der Waals surface area contributed by atoms with Gasteiger partial charge >= 0.3 is 0 Å². The number of benzene rings is 2. The van der Waals surface area contributed by atoms with Crippen molar-refractivity contribution >= 4 is 16.9 Å². The number of hydrogen-bond acceptors (Lipinski definition) is 2. The van der Waals surface area contributed by atoms with Crippen LogP contribution in [0.25, 0.3) is 11.0 Å². The van der Waals surface area contributed by atoms with Crippen LogP contribution in [0.2, 0.25) is 0 Å². The van der Waals surface area contributed by atoms with E-state index in [4.69, 9.17) is 0 Å². The summed E-state index contributed by atoms with van der Waals surface area (Å²) in [5.74, 6) is 0.458. The van der Waals surface area contributed by atoms with Gasteiger partial charge in [-0.15, -0.1) is 0 Å².